The molecule has 2 aromatic carbocycles. The summed E-state index contributed by atoms with van der Waals surface area (Å²) in [7, 11) is -3.72. The van der Waals surface area contributed by atoms with Gasteiger partial charge in [0.25, 0.3) is 0 Å². The number of benzene rings is 2. The van der Waals surface area contributed by atoms with Gasteiger partial charge in [0.2, 0.25) is 10.0 Å². The van der Waals surface area contributed by atoms with Crippen LogP contribution in [0.25, 0.3) is 11.1 Å². The van der Waals surface area contributed by atoms with Crippen LogP contribution in [-0.2, 0) is 16.2 Å². The monoisotopic (exact) mass is 367 g/mol. The second kappa shape index (κ2) is 6.01. The third-order valence-electron chi connectivity index (χ3n) is 2.86. The van der Waals surface area contributed by atoms with E-state index in [1.54, 1.807) is 0 Å². The standard InChI is InChI=1S/C14H10ClF4NO2S/c1-23(21,22)20-9-3-4-10(11(7-9)14(17,18)19)8-2-5-12(15)13(16)6-8/h2-7,20H,1H3. The number of hydrogen-bond donors (Lipinski definition) is 1. The zero-order valence-corrected chi connectivity index (χ0v) is 13.2. The molecule has 2 aromatic rings. The summed E-state index contributed by atoms with van der Waals surface area (Å²) in [5.74, 6) is -0.851. The van der Waals surface area contributed by atoms with Gasteiger partial charge < -0.3 is 0 Å². The Morgan fingerprint density at radius 2 is 1.74 bits per heavy atom. The molecular weight excluding hydrogens is 358 g/mol. The number of halogens is 5. The summed E-state index contributed by atoms with van der Waals surface area (Å²) in [4.78, 5) is 0. The van der Waals surface area contributed by atoms with E-state index in [-0.39, 0.29) is 21.8 Å². The van der Waals surface area contributed by atoms with Gasteiger partial charge >= 0.3 is 6.18 Å². The Labute approximate surface area is 134 Å². The van der Waals surface area contributed by atoms with Crippen LogP contribution in [0.4, 0.5) is 23.2 Å². The van der Waals surface area contributed by atoms with Crippen molar-refractivity contribution in [3.8, 4) is 11.1 Å². The minimum absolute atomic E-state index is 0.0230. The summed E-state index contributed by atoms with van der Waals surface area (Å²) in [5, 5.41) is -0.210. The van der Waals surface area contributed by atoms with Crippen molar-refractivity contribution in [2.45, 2.75) is 6.18 Å². The smallest absolute Gasteiger partial charge is 0.284 e. The molecule has 0 spiro atoms. The number of sulfonamides is 1. The predicted octanol–water partition coefficient (Wildman–Crippen LogP) is 4.54. The highest BCUT2D eigenvalue weighted by molar-refractivity contribution is 7.92. The minimum Gasteiger partial charge on any atom is -0.284 e. The molecule has 0 unspecified atom stereocenters. The average Bonchev–Trinajstić information content (AvgIpc) is 2.39. The predicted molar refractivity (Wildman–Crippen MR) is 80.3 cm³/mol. The van der Waals surface area contributed by atoms with E-state index in [9.17, 15) is 26.0 Å². The lowest BCUT2D eigenvalue weighted by Crippen LogP contribution is -2.12. The SMILES string of the molecule is CS(=O)(=O)Nc1ccc(-c2ccc(Cl)c(F)c2)c(C(F)(F)F)c1. The molecular formula is C14H10ClF4NO2S. The first-order valence-electron chi connectivity index (χ1n) is 6.12. The van der Waals surface area contributed by atoms with Gasteiger partial charge in [-0.25, -0.2) is 12.8 Å². The van der Waals surface area contributed by atoms with Crippen molar-refractivity contribution < 1.29 is 26.0 Å². The lowest BCUT2D eigenvalue weighted by Gasteiger charge is -2.15. The number of nitrogens with one attached hydrogen (secondary N) is 1. The van der Waals surface area contributed by atoms with Gasteiger partial charge in [0, 0.05) is 5.69 Å². The molecule has 23 heavy (non-hydrogen) atoms. The van der Waals surface area contributed by atoms with E-state index in [0.717, 1.165) is 30.5 Å². The molecule has 0 saturated heterocycles. The average molecular weight is 368 g/mol. The summed E-state index contributed by atoms with van der Waals surface area (Å²) in [5.41, 5.74) is -1.64. The van der Waals surface area contributed by atoms with Crippen molar-refractivity contribution in [2.24, 2.45) is 0 Å². The molecule has 0 aliphatic heterocycles. The van der Waals surface area contributed by atoms with Gasteiger partial charge in [-0.3, -0.25) is 4.72 Å². The van der Waals surface area contributed by atoms with Crippen molar-refractivity contribution in [3.63, 3.8) is 0 Å². The number of hydrogen-bond acceptors (Lipinski definition) is 2. The van der Waals surface area contributed by atoms with Crippen LogP contribution in [0.3, 0.4) is 0 Å². The van der Waals surface area contributed by atoms with Crippen LogP contribution in [0.2, 0.25) is 5.02 Å². The number of anilines is 1. The van der Waals surface area contributed by atoms with Crippen LogP contribution in [0.15, 0.2) is 36.4 Å². The van der Waals surface area contributed by atoms with E-state index in [1.165, 1.54) is 6.07 Å². The maximum absolute atomic E-state index is 13.5. The normalized spacial score (nSPS) is 12.3. The van der Waals surface area contributed by atoms with Crippen molar-refractivity contribution in [2.75, 3.05) is 11.0 Å². The molecule has 0 aromatic heterocycles. The molecule has 0 heterocycles. The molecule has 0 fully saturated rings. The van der Waals surface area contributed by atoms with Gasteiger partial charge in [0.15, 0.2) is 0 Å². The molecule has 0 aliphatic rings. The zero-order valence-electron chi connectivity index (χ0n) is 11.6. The summed E-state index contributed by atoms with van der Waals surface area (Å²) in [6.45, 7) is 0. The van der Waals surface area contributed by atoms with Crippen LogP contribution in [0, 0.1) is 5.82 Å². The van der Waals surface area contributed by atoms with Gasteiger partial charge in [0.05, 0.1) is 16.8 Å². The Morgan fingerprint density at radius 3 is 2.26 bits per heavy atom. The van der Waals surface area contributed by atoms with E-state index in [4.69, 9.17) is 11.6 Å². The molecule has 0 bridgehead atoms. The van der Waals surface area contributed by atoms with Crippen molar-refractivity contribution in [1.29, 1.82) is 0 Å². The maximum atomic E-state index is 13.5. The Hall–Kier alpha value is -1.80. The van der Waals surface area contributed by atoms with E-state index in [1.807, 2.05) is 4.72 Å². The fraction of sp³-hybridized carbons (Fsp3) is 0.143. The fourth-order valence-electron chi connectivity index (χ4n) is 1.97. The second-order valence-corrected chi connectivity index (χ2v) is 6.92. The Morgan fingerprint density at radius 1 is 1.09 bits per heavy atom. The first-order valence-corrected chi connectivity index (χ1v) is 8.39. The van der Waals surface area contributed by atoms with Gasteiger partial charge in [-0.1, -0.05) is 23.7 Å². The molecule has 1 N–H and O–H groups in total. The third-order valence-corrected chi connectivity index (χ3v) is 3.77. The van der Waals surface area contributed by atoms with Gasteiger partial charge in [-0.05, 0) is 35.4 Å². The summed E-state index contributed by atoms with van der Waals surface area (Å²) < 4.78 is 77.4. The van der Waals surface area contributed by atoms with E-state index in [2.05, 4.69) is 0 Å². The first kappa shape index (κ1) is 17.6. The Kier molecular flexibility index (Phi) is 4.59. The summed E-state index contributed by atoms with van der Waals surface area (Å²) in [6, 6.07) is 6.17. The molecule has 0 radical (unpaired) electrons. The first-order chi connectivity index (χ1) is 10.5. The van der Waals surface area contributed by atoms with E-state index < -0.39 is 27.6 Å². The summed E-state index contributed by atoms with van der Waals surface area (Å²) >= 11 is 5.52. The van der Waals surface area contributed by atoms with E-state index in [0.29, 0.717) is 6.07 Å². The zero-order chi connectivity index (χ0) is 17.4. The van der Waals surface area contributed by atoms with Crippen LogP contribution in [-0.4, -0.2) is 14.7 Å². The molecule has 9 heteroatoms. The molecule has 124 valence electrons. The molecule has 0 saturated carbocycles. The lowest BCUT2D eigenvalue weighted by molar-refractivity contribution is -0.137. The van der Waals surface area contributed by atoms with Crippen LogP contribution in [0.5, 0.6) is 0 Å². The topological polar surface area (TPSA) is 46.2 Å². The fourth-order valence-corrected chi connectivity index (χ4v) is 2.64. The Balaban J connectivity index is 2.61. The highest BCUT2D eigenvalue weighted by Crippen LogP contribution is 2.39. The highest BCUT2D eigenvalue weighted by atomic mass is 35.5. The Bertz CT molecular complexity index is 850. The largest absolute Gasteiger partial charge is 0.417 e. The van der Waals surface area contributed by atoms with Gasteiger partial charge in [-0.2, -0.15) is 13.2 Å². The number of alkyl halides is 3. The molecule has 2 rings (SSSR count). The molecule has 3 nitrogen and oxygen atoms in total. The van der Waals surface area contributed by atoms with Crippen LogP contribution >= 0.6 is 11.6 Å². The second-order valence-electron chi connectivity index (χ2n) is 4.76. The maximum Gasteiger partial charge on any atom is 0.417 e. The lowest BCUT2D eigenvalue weighted by atomic mass is 9.98. The van der Waals surface area contributed by atoms with E-state index >= 15 is 0 Å². The van der Waals surface area contributed by atoms with Gasteiger partial charge in [-0.15, -0.1) is 0 Å². The molecule has 0 atom stereocenters. The minimum atomic E-state index is -4.75. The van der Waals surface area contributed by atoms with Crippen molar-refractivity contribution >= 4 is 27.3 Å². The summed E-state index contributed by atoms with van der Waals surface area (Å²) in [6.07, 6.45) is -3.93. The van der Waals surface area contributed by atoms with Crippen molar-refractivity contribution in [3.05, 3.63) is 52.8 Å². The third kappa shape index (κ3) is 4.35. The van der Waals surface area contributed by atoms with Gasteiger partial charge in [0.1, 0.15) is 5.82 Å². The highest BCUT2D eigenvalue weighted by Gasteiger charge is 2.34. The molecule has 0 aliphatic carbocycles. The molecule has 0 amide bonds. The quantitative estimate of drug-likeness (QED) is 0.810. The number of rotatable bonds is 3. The van der Waals surface area contributed by atoms with Crippen LogP contribution < -0.4 is 4.72 Å². The van der Waals surface area contributed by atoms with Crippen molar-refractivity contribution in [1.82, 2.24) is 0 Å². The van der Waals surface area contributed by atoms with Crippen LogP contribution in [0.1, 0.15) is 5.56 Å².